The van der Waals surface area contributed by atoms with Crippen molar-refractivity contribution in [2.45, 2.75) is 201 Å². The smallest absolute Gasteiger partial charge is 0.0205 e. The van der Waals surface area contributed by atoms with E-state index in [4.69, 9.17) is 17.2 Å². The fraction of sp³-hybridized carbons (Fsp3) is 0.523. The van der Waals surface area contributed by atoms with Crippen LogP contribution in [0.4, 0.5) is 0 Å². The normalized spacial score (nSPS) is 10.6. The van der Waals surface area contributed by atoms with Crippen molar-refractivity contribution < 1.29 is 0 Å². The van der Waals surface area contributed by atoms with Gasteiger partial charge in [-0.1, -0.05) is 265 Å². The maximum absolute atomic E-state index is 5.46. The van der Waals surface area contributed by atoms with E-state index in [2.05, 4.69) is 254 Å². The van der Waals surface area contributed by atoms with Crippen molar-refractivity contribution in [2.24, 2.45) is 17.2 Å². The Kier molecular flexibility index (Phi) is 65.7. The van der Waals surface area contributed by atoms with Gasteiger partial charge < -0.3 is 65.1 Å². The van der Waals surface area contributed by atoms with E-state index in [1.807, 2.05) is 6.07 Å². The van der Waals surface area contributed by atoms with Gasteiger partial charge >= 0.3 is 0 Å². The number of unbranched alkanes of at least 4 members (excludes halogenated alkanes) is 15. The molecule has 0 amide bonds. The van der Waals surface area contributed by atoms with Gasteiger partial charge in [0, 0.05) is 39.3 Å². The van der Waals surface area contributed by atoms with Crippen molar-refractivity contribution in [1.82, 2.24) is 47.9 Å². The molecule has 0 heterocycles. The van der Waals surface area contributed by atoms with Crippen molar-refractivity contribution in [2.75, 3.05) is 98.2 Å². The highest BCUT2D eigenvalue weighted by molar-refractivity contribution is 5.18. The summed E-state index contributed by atoms with van der Waals surface area (Å²) in [4.78, 5) is 0. The van der Waals surface area contributed by atoms with Gasteiger partial charge in [0.1, 0.15) is 0 Å². The summed E-state index contributed by atoms with van der Waals surface area (Å²) >= 11 is 0. The molecule has 0 spiro atoms. The third-order valence-electron chi connectivity index (χ3n) is 16.9. The molecule has 0 radical (unpaired) electrons. The second kappa shape index (κ2) is 72.8. The van der Waals surface area contributed by atoms with Crippen molar-refractivity contribution in [3.63, 3.8) is 0 Å². The lowest BCUT2D eigenvalue weighted by atomic mass is 10.1. The summed E-state index contributed by atoms with van der Waals surface area (Å²) in [5.41, 5.74) is 26.0. The molecule has 7 aromatic carbocycles. The van der Waals surface area contributed by atoms with Gasteiger partial charge in [-0.3, -0.25) is 0 Å². The number of nitrogens with one attached hydrogen (secondary N) is 9. The van der Waals surface area contributed by atoms with Crippen LogP contribution in [0, 0.1) is 0 Å². The third-order valence-corrected chi connectivity index (χ3v) is 16.9. The van der Waals surface area contributed by atoms with Gasteiger partial charge in [0.2, 0.25) is 0 Å². The predicted molar refractivity (Wildman–Crippen MR) is 438 cm³/mol. The van der Waals surface area contributed by atoms with E-state index in [0.717, 1.165) is 157 Å². The molecule has 0 atom stereocenters. The second-order valence-corrected chi connectivity index (χ2v) is 26.0. The molecular formula is C88H144N12. The van der Waals surface area contributed by atoms with Gasteiger partial charge in [-0.05, 0) is 246 Å². The van der Waals surface area contributed by atoms with Crippen LogP contribution in [-0.2, 0) is 45.7 Å². The first-order valence-electron chi connectivity index (χ1n) is 38.9. The molecule has 0 saturated heterocycles. The van der Waals surface area contributed by atoms with Crippen molar-refractivity contribution >= 4 is 0 Å². The molecule has 0 bridgehead atoms. The molecule has 100 heavy (non-hydrogen) atoms. The molecule has 15 N–H and O–H groups in total. The van der Waals surface area contributed by atoms with E-state index in [1.54, 1.807) is 0 Å². The highest BCUT2D eigenvalue weighted by Crippen LogP contribution is 2.07. The Hall–Kier alpha value is -5.94. The lowest BCUT2D eigenvalue weighted by molar-refractivity contribution is 0.545. The molecule has 0 aliphatic carbocycles. The van der Waals surface area contributed by atoms with Crippen LogP contribution in [0.15, 0.2) is 212 Å². The Labute approximate surface area is 612 Å². The molecule has 7 aromatic rings. The van der Waals surface area contributed by atoms with Crippen molar-refractivity contribution in [1.29, 1.82) is 0 Å². The van der Waals surface area contributed by atoms with Gasteiger partial charge in [-0.2, -0.15) is 0 Å². The predicted octanol–water partition coefficient (Wildman–Crippen LogP) is 16.2. The molecule has 0 saturated carbocycles. The topological polar surface area (TPSA) is 186 Å². The minimum Gasteiger partial charge on any atom is -0.330 e. The number of benzene rings is 7. The molecule has 0 aliphatic heterocycles. The van der Waals surface area contributed by atoms with Gasteiger partial charge in [0.05, 0.1) is 0 Å². The lowest BCUT2D eigenvalue weighted by Gasteiger charge is -2.07. The summed E-state index contributed by atoms with van der Waals surface area (Å²) in [6, 6.07) is 74.2. The molecule has 0 aromatic heterocycles. The minimum absolute atomic E-state index is 0. The van der Waals surface area contributed by atoms with E-state index in [0.29, 0.717) is 0 Å². The zero-order chi connectivity index (χ0) is 70.0. The summed E-state index contributed by atoms with van der Waals surface area (Å²) < 4.78 is 0. The molecule has 0 fully saturated rings. The van der Waals surface area contributed by atoms with Crippen LogP contribution in [0.1, 0.15) is 194 Å². The van der Waals surface area contributed by atoms with E-state index in [-0.39, 0.29) is 7.43 Å². The van der Waals surface area contributed by atoms with Crippen molar-refractivity contribution in [3.05, 3.63) is 251 Å². The Morgan fingerprint density at radius 1 is 0.160 bits per heavy atom. The zero-order valence-electron chi connectivity index (χ0n) is 61.8. The standard InChI is InChI=1S/C24H37N3.C19H26N2.C17H31N3.C15H26N2.C12H20N2.CH4/c1-5-13-23(14-6-1)21-26-19-11-3-9-17-25-18-10-4-12-20-27-22-24-15-7-2-8-16-24;1-4-10-18(11-5-1)16-20-14-8-3-9-15-21-17-19-12-6-2-7-13-19;18-12-6-2-7-13-19-14-8-3-9-15-20-16-17-10-4-1-5-11-17;16-12-6-2-7-13-17-14-8-5-11-15-9-3-1-4-10-15;13-9-5-2-6-10-14-11-12-7-3-1-4-8-12;/h1-2,5-8,13-16,25-27H,3-4,9-12,17-22H2;1-2,4-7,10-13,20-21H,3,8-9,14-17H2;1,4-5,10-11,19-20H,2-3,6-9,12-16,18H2;1,3-4,9-10,17H,2,5-8,11-14,16H2;1,3-4,7-8,14H,2,5-6,9-11,13H2;1H4. The van der Waals surface area contributed by atoms with Crippen LogP contribution in [0.2, 0.25) is 0 Å². The summed E-state index contributed by atoms with van der Waals surface area (Å²) in [5.74, 6) is 0. The van der Waals surface area contributed by atoms with Crippen LogP contribution in [0.3, 0.4) is 0 Å². The first-order valence-corrected chi connectivity index (χ1v) is 38.9. The highest BCUT2D eigenvalue weighted by atomic mass is 14.9. The number of hydrogen-bond acceptors (Lipinski definition) is 12. The van der Waals surface area contributed by atoms with Gasteiger partial charge in [-0.15, -0.1) is 0 Å². The molecule has 12 heteroatoms. The Morgan fingerprint density at radius 2 is 0.310 bits per heavy atom. The number of hydrogen-bond donors (Lipinski definition) is 12. The second-order valence-electron chi connectivity index (χ2n) is 26.0. The highest BCUT2D eigenvalue weighted by Gasteiger charge is 2.00. The van der Waals surface area contributed by atoms with Gasteiger partial charge in [0.15, 0.2) is 0 Å². The summed E-state index contributed by atoms with van der Waals surface area (Å²) in [7, 11) is 0. The number of aryl methyl sites for hydroxylation is 1. The Morgan fingerprint density at radius 3 is 0.490 bits per heavy atom. The Balaban J connectivity index is 0.000000431. The van der Waals surface area contributed by atoms with E-state index in [9.17, 15) is 0 Å². The summed E-state index contributed by atoms with van der Waals surface area (Å²) in [6.07, 6.45) is 30.1. The molecule has 556 valence electrons. The average Bonchev–Trinajstić information content (AvgIpc) is 3.17. The zero-order valence-corrected chi connectivity index (χ0v) is 61.8. The number of rotatable bonds is 56. The third kappa shape index (κ3) is 59.7. The molecule has 7 rings (SSSR count). The van der Waals surface area contributed by atoms with Crippen molar-refractivity contribution in [3.8, 4) is 0 Å². The quantitative estimate of drug-likeness (QED) is 0.0162. The van der Waals surface area contributed by atoms with E-state index in [1.165, 1.54) is 174 Å². The SMILES string of the molecule is C.NCCCCCNCCCCCNCc1ccccc1.NCCCCCNCCCCc1ccccc1.NCCCCCNCc1ccccc1.c1ccc(CNCCCCCNCCCCCNCc2ccccc2)cc1.c1ccc(CNCCCCCNCc2ccccc2)cc1. The van der Waals surface area contributed by atoms with Crippen LogP contribution in [-0.4, -0.2) is 98.2 Å². The summed E-state index contributed by atoms with van der Waals surface area (Å²) in [6.45, 7) is 21.9. The average molecular weight is 1370 g/mol. The first-order chi connectivity index (χ1) is 49.2. The number of nitrogens with two attached hydrogens (primary N) is 3. The largest absolute Gasteiger partial charge is 0.330 e. The summed E-state index contributed by atoms with van der Waals surface area (Å²) in [5, 5.41) is 31.5. The van der Waals surface area contributed by atoms with Crippen LogP contribution >= 0.6 is 0 Å². The van der Waals surface area contributed by atoms with E-state index < -0.39 is 0 Å². The fourth-order valence-electron chi connectivity index (χ4n) is 11.0. The first kappa shape index (κ1) is 90.1. The molecule has 0 aliphatic rings. The monoisotopic (exact) mass is 1370 g/mol. The maximum atomic E-state index is 5.46. The minimum atomic E-state index is 0. The van der Waals surface area contributed by atoms with Gasteiger partial charge in [-0.25, -0.2) is 0 Å². The Bertz CT molecular complexity index is 2550. The maximum Gasteiger partial charge on any atom is 0.0205 e. The fourth-order valence-corrected chi connectivity index (χ4v) is 11.0. The van der Waals surface area contributed by atoms with Crippen LogP contribution in [0.25, 0.3) is 0 Å². The molecule has 12 nitrogen and oxygen atoms in total. The molecule has 0 unspecified atom stereocenters. The van der Waals surface area contributed by atoms with Gasteiger partial charge in [0.25, 0.3) is 0 Å². The van der Waals surface area contributed by atoms with Crippen LogP contribution < -0.4 is 65.1 Å². The lowest BCUT2D eigenvalue weighted by Crippen LogP contribution is -2.19. The molecular weight excluding hydrogens is 1230 g/mol. The van der Waals surface area contributed by atoms with Crippen LogP contribution in [0.5, 0.6) is 0 Å². The van der Waals surface area contributed by atoms with E-state index >= 15 is 0 Å².